The predicted molar refractivity (Wildman–Crippen MR) is 80.5 cm³/mol. The number of rotatable bonds is 2. The minimum Gasteiger partial charge on any atom is -0.352 e. The van der Waals surface area contributed by atoms with Gasteiger partial charge in [-0.1, -0.05) is 46.6 Å². The van der Waals surface area contributed by atoms with Gasteiger partial charge in [0.25, 0.3) is 0 Å². The van der Waals surface area contributed by atoms with E-state index in [9.17, 15) is 4.79 Å². The van der Waals surface area contributed by atoms with E-state index in [1.54, 1.807) is 0 Å². The standard InChI is InChI=1S/C16H20BrNO/c17-14-6-3-7-15(14)18-16(19)13-9-8-11-4-1-2-5-12(11)10-13/h1-2,4-5,13-15H,3,6-10H2,(H,18,19). The first kappa shape index (κ1) is 13.2. The van der Waals surface area contributed by atoms with Crippen LogP contribution < -0.4 is 5.32 Å². The number of nitrogens with one attached hydrogen (secondary N) is 1. The topological polar surface area (TPSA) is 29.1 Å². The van der Waals surface area contributed by atoms with Gasteiger partial charge in [0.2, 0.25) is 5.91 Å². The Morgan fingerprint density at radius 2 is 1.95 bits per heavy atom. The van der Waals surface area contributed by atoms with Gasteiger partial charge < -0.3 is 5.32 Å². The van der Waals surface area contributed by atoms with Crippen LogP contribution >= 0.6 is 15.9 Å². The van der Waals surface area contributed by atoms with Crippen molar-refractivity contribution < 1.29 is 4.79 Å². The lowest BCUT2D eigenvalue weighted by atomic mass is 9.83. The molecular formula is C16H20BrNO. The fourth-order valence-electron chi connectivity index (χ4n) is 3.30. The maximum atomic E-state index is 12.4. The van der Waals surface area contributed by atoms with Crippen molar-refractivity contribution in [2.45, 2.75) is 49.4 Å². The molecule has 2 aliphatic carbocycles. The molecule has 3 atom stereocenters. The molecule has 0 saturated heterocycles. The molecule has 0 bridgehead atoms. The van der Waals surface area contributed by atoms with E-state index < -0.39 is 0 Å². The van der Waals surface area contributed by atoms with E-state index in [1.807, 2.05) is 0 Å². The van der Waals surface area contributed by atoms with Gasteiger partial charge in [0.1, 0.15) is 0 Å². The van der Waals surface area contributed by atoms with Gasteiger partial charge in [0.05, 0.1) is 0 Å². The minimum atomic E-state index is 0.162. The zero-order valence-corrected chi connectivity index (χ0v) is 12.7. The van der Waals surface area contributed by atoms with Crippen molar-refractivity contribution >= 4 is 21.8 Å². The molecule has 19 heavy (non-hydrogen) atoms. The Hall–Kier alpha value is -0.830. The summed E-state index contributed by atoms with van der Waals surface area (Å²) in [7, 11) is 0. The Labute approximate surface area is 123 Å². The first-order valence-electron chi connectivity index (χ1n) is 7.25. The summed E-state index contributed by atoms with van der Waals surface area (Å²) in [5, 5.41) is 3.24. The zero-order valence-electron chi connectivity index (χ0n) is 11.1. The van der Waals surface area contributed by atoms with Gasteiger partial charge in [-0.25, -0.2) is 0 Å². The van der Waals surface area contributed by atoms with Gasteiger partial charge in [-0.3, -0.25) is 4.79 Å². The summed E-state index contributed by atoms with van der Waals surface area (Å²) in [5.41, 5.74) is 2.78. The maximum Gasteiger partial charge on any atom is 0.223 e. The molecule has 102 valence electrons. The summed E-state index contributed by atoms with van der Waals surface area (Å²) < 4.78 is 0. The van der Waals surface area contributed by atoms with Gasteiger partial charge in [-0.05, 0) is 43.2 Å². The number of benzene rings is 1. The number of aryl methyl sites for hydroxylation is 1. The van der Waals surface area contributed by atoms with Crippen molar-refractivity contribution in [3.63, 3.8) is 0 Å². The molecule has 1 N–H and O–H groups in total. The third-order valence-electron chi connectivity index (χ3n) is 4.48. The average Bonchev–Trinajstić information content (AvgIpc) is 2.84. The number of hydrogen-bond acceptors (Lipinski definition) is 1. The van der Waals surface area contributed by atoms with E-state index in [1.165, 1.54) is 24.0 Å². The molecular weight excluding hydrogens is 302 g/mol. The van der Waals surface area contributed by atoms with Gasteiger partial charge in [0.15, 0.2) is 0 Å². The Morgan fingerprint density at radius 3 is 2.68 bits per heavy atom. The summed E-state index contributed by atoms with van der Waals surface area (Å²) in [6.07, 6.45) is 6.44. The largest absolute Gasteiger partial charge is 0.352 e. The van der Waals surface area contributed by atoms with Crippen LogP contribution in [0.2, 0.25) is 0 Å². The number of alkyl halides is 1. The molecule has 1 aromatic carbocycles. The van der Waals surface area contributed by atoms with E-state index in [0.717, 1.165) is 25.7 Å². The maximum absolute atomic E-state index is 12.4. The van der Waals surface area contributed by atoms with Crippen molar-refractivity contribution in [3.05, 3.63) is 35.4 Å². The molecule has 0 radical (unpaired) electrons. The van der Waals surface area contributed by atoms with Crippen molar-refractivity contribution in [3.8, 4) is 0 Å². The first-order chi connectivity index (χ1) is 9.24. The molecule has 3 unspecified atom stereocenters. The number of amides is 1. The van der Waals surface area contributed by atoms with Crippen LogP contribution in [0.5, 0.6) is 0 Å². The highest BCUT2D eigenvalue weighted by atomic mass is 79.9. The molecule has 0 heterocycles. The highest BCUT2D eigenvalue weighted by Crippen LogP contribution is 2.28. The lowest BCUT2D eigenvalue weighted by Crippen LogP contribution is -2.42. The molecule has 1 aromatic rings. The molecule has 1 amide bonds. The smallest absolute Gasteiger partial charge is 0.223 e. The SMILES string of the molecule is O=C(NC1CCCC1Br)C1CCc2ccccc2C1. The highest BCUT2D eigenvalue weighted by molar-refractivity contribution is 9.09. The summed E-state index contributed by atoms with van der Waals surface area (Å²) >= 11 is 3.67. The summed E-state index contributed by atoms with van der Waals surface area (Å²) in [5.74, 6) is 0.418. The number of carbonyl (C=O) groups is 1. The fourth-order valence-corrected chi connectivity index (χ4v) is 4.02. The number of hydrogen-bond donors (Lipinski definition) is 1. The highest BCUT2D eigenvalue weighted by Gasteiger charge is 2.30. The monoisotopic (exact) mass is 321 g/mol. The number of carbonyl (C=O) groups excluding carboxylic acids is 1. The Morgan fingerprint density at radius 1 is 1.16 bits per heavy atom. The van der Waals surface area contributed by atoms with Gasteiger partial charge >= 0.3 is 0 Å². The quantitative estimate of drug-likeness (QED) is 0.832. The number of halogens is 1. The Bertz CT molecular complexity index is 474. The van der Waals surface area contributed by atoms with Crippen LogP contribution in [-0.4, -0.2) is 16.8 Å². The normalized spacial score (nSPS) is 29.8. The second-order valence-corrected chi connectivity index (χ2v) is 6.95. The first-order valence-corrected chi connectivity index (χ1v) is 8.17. The molecule has 2 aliphatic rings. The third-order valence-corrected chi connectivity index (χ3v) is 5.57. The molecule has 0 aromatic heterocycles. The third kappa shape index (κ3) is 2.86. The average molecular weight is 322 g/mol. The number of fused-ring (bicyclic) bond motifs is 1. The summed E-state index contributed by atoms with van der Waals surface area (Å²) in [6.45, 7) is 0. The molecule has 0 spiro atoms. The van der Waals surface area contributed by atoms with Crippen LogP contribution in [0.1, 0.15) is 36.8 Å². The van der Waals surface area contributed by atoms with Gasteiger partial charge in [-0.2, -0.15) is 0 Å². The van der Waals surface area contributed by atoms with Crippen molar-refractivity contribution in [1.29, 1.82) is 0 Å². The van der Waals surface area contributed by atoms with Crippen LogP contribution in [0, 0.1) is 5.92 Å². The van der Waals surface area contributed by atoms with E-state index in [2.05, 4.69) is 45.5 Å². The van der Waals surface area contributed by atoms with E-state index in [0.29, 0.717) is 10.9 Å². The molecule has 3 rings (SSSR count). The van der Waals surface area contributed by atoms with Crippen LogP contribution in [0.25, 0.3) is 0 Å². The van der Waals surface area contributed by atoms with Gasteiger partial charge in [-0.15, -0.1) is 0 Å². The molecule has 2 nitrogen and oxygen atoms in total. The van der Waals surface area contributed by atoms with Crippen molar-refractivity contribution in [2.24, 2.45) is 5.92 Å². The van der Waals surface area contributed by atoms with E-state index in [-0.39, 0.29) is 11.8 Å². The summed E-state index contributed by atoms with van der Waals surface area (Å²) in [6, 6.07) is 8.86. The van der Waals surface area contributed by atoms with E-state index >= 15 is 0 Å². The lowest BCUT2D eigenvalue weighted by molar-refractivity contribution is -0.126. The van der Waals surface area contributed by atoms with Gasteiger partial charge in [0, 0.05) is 16.8 Å². The van der Waals surface area contributed by atoms with Crippen LogP contribution in [0.4, 0.5) is 0 Å². The second-order valence-electron chi connectivity index (χ2n) is 5.77. The lowest BCUT2D eigenvalue weighted by Gasteiger charge is -2.26. The molecule has 1 saturated carbocycles. The Balaban J connectivity index is 1.63. The summed E-state index contributed by atoms with van der Waals surface area (Å²) in [4.78, 5) is 12.8. The van der Waals surface area contributed by atoms with E-state index in [4.69, 9.17) is 0 Å². The molecule has 0 aliphatic heterocycles. The minimum absolute atomic E-state index is 0.162. The Kier molecular flexibility index (Phi) is 3.92. The zero-order chi connectivity index (χ0) is 13.2. The van der Waals surface area contributed by atoms with Crippen molar-refractivity contribution in [2.75, 3.05) is 0 Å². The molecule has 3 heteroatoms. The van der Waals surface area contributed by atoms with Crippen LogP contribution in [-0.2, 0) is 17.6 Å². The fraction of sp³-hybridized carbons (Fsp3) is 0.562. The van der Waals surface area contributed by atoms with Crippen molar-refractivity contribution in [1.82, 2.24) is 5.32 Å². The van der Waals surface area contributed by atoms with Crippen LogP contribution in [0.3, 0.4) is 0 Å². The second kappa shape index (κ2) is 5.66. The molecule has 1 fully saturated rings. The predicted octanol–water partition coefficient (Wildman–Crippen LogP) is 3.22. The van der Waals surface area contributed by atoms with Crippen LogP contribution in [0.15, 0.2) is 24.3 Å².